The second-order valence-corrected chi connectivity index (χ2v) is 5.15. The third-order valence-electron chi connectivity index (χ3n) is 3.54. The van der Waals surface area contributed by atoms with E-state index in [1.54, 1.807) is 17.0 Å². The fourth-order valence-corrected chi connectivity index (χ4v) is 2.34. The summed E-state index contributed by atoms with van der Waals surface area (Å²) in [5.41, 5.74) is 1.80. The molecule has 0 atom stereocenters. The summed E-state index contributed by atoms with van der Waals surface area (Å²) < 4.78 is 0. The maximum absolute atomic E-state index is 12.4. The molecule has 0 radical (unpaired) electrons. The monoisotopic (exact) mass is 299 g/mol. The fraction of sp³-hybridized carbons (Fsp3) is 0.278. The molecule has 0 bridgehead atoms. The van der Waals surface area contributed by atoms with Crippen molar-refractivity contribution in [1.82, 2.24) is 4.90 Å². The molecule has 22 heavy (non-hydrogen) atoms. The molecule has 0 aliphatic carbocycles. The molecule has 0 aliphatic heterocycles. The van der Waals surface area contributed by atoms with Gasteiger partial charge in [-0.15, -0.1) is 0 Å². The minimum Gasteiger partial charge on any atom is -0.508 e. The highest BCUT2D eigenvalue weighted by Crippen LogP contribution is 2.18. The number of aryl methyl sites for hydroxylation is 1. The number of benzene rings is 2. The Bertz CT molecular complexity index is 598. The topological polar surface area (TPSA) is 60.8 Å². The number of carbonyl (C=O) groups excluding carboxylic acids is 1. The molecule has 0 aliphatic rings. The van der Waals surface area contributed by atoms with Crippen LogP contribution in [0.4, 0.5) is 0 Å². The summed E-state index contributed by atoms with van der Waals surface area (Å²) in [5, 5.41) is 18.9. The Morgan fingerprint density at radius 2 is 1.68 bits per heavy atom. The summed E-state index contributed by atoms with van der Waals surface area (Å²) in [7, 11) is 0. The van der Waals surface area contributed by atoms with Crippen molar-refractivity contribution in [2.24, 2.45) is 0 Å². The summed E-state index contributed by atoms with van der Waals surface area (Å²) in [6.07, 6.45) is 0.798. The van der Waals surface area contributed by atoms with Crippen LogP contribution in [0, 0.1) is 0 Å². The second kappa shape index (κ2) is 8.20. The van der Waals surface area contributed by atoms with E-state index >= 15 is 0 Å². The number of aliphatic hydroxyl groups excluding tert-OH is 1. The van der Waals surface area contributed by atoms with E-state index in [9.17, 15) is 9.90 Å². The Labute approximate surface area is 130 Å². The molecular weight excluding hydrogens is 278 g/mol. The van der Waals surface area contributed by atoms with E-state index in [4.69, 9.17) is 5.11 Å². The average molecular weight is 299 g/mol. The molecule has 0 saturated carbocycles. The van der Waals surface area contributed by atoms with Gasteiger partial charge in [-0.1, -0.05) is 48.5 Å². The molecule has 0 unspecified atom stereocenters. The molecule has 4 heteroatoms. The van der Waals surface area contributed by atoms with Crippen LogP contribution in [-0.2, 0) is 17.8 Å². The van der Waals surface area contributed by atoms with Gasteiger partial charge in [-0.2, -0.15) is 0 Å². The summed E-state index contributed by atoms with van der Waals surface area (Å²) in [6.45, 7) is 0.741. The number of hydrogen-bond donors (Lipinski definition) is 2. The number of phenols is 1. The van der Waals surface area contributed by atoms with Crippen LogP contribution in [0.15, 0.2) is 54.6 Å². The fourth-order valence-electron chi connectivity index (χ4n) is 2.34. The minimum absolute atomic E-state index is 0.0267. The van der Waals surface area contributed by atoms with Crippen molar-refractivity contribution in [1.29, 1.82) is 0 Å². The van der Waals surface area contributed by atoms with Gasteiger partial charge in [-0.05, 0) is 23.6 Å². The second-order valence-electron chi connectivity index (χ2n) is 5.15. The van der Waals surface area contributed by atoms with Crippen molar-refractivity contribution < 1.29 is 15.0 Å². The first kappa shape index (κ1) is 16.0. The van der Waals surface area contributed by atoms with E-state index in [-0.39, 0.29) is 18.3 Å². The van der Waals surface area contributed by atoms with Gasteiger partial charge in [0.2, 0.25) is 5.91 Å². The molecule has 0 fully saturated rings. The molecule has 2 aromatic carbocycles. The standard InChI is InChI=1S/C18H21NO3/c20-13-12-19(14-15-6-2-1-3-7-15)18(22)11-10-16-8-4-5-9-17(16)21/h1-9,20-21H,10-14H2. The Hall–Kier alpha value is -2.33. The number of aliphatic hydroxyl groups is 1. The van der Waals surface area contributed by atoms with Gasteiger partial charge in [0.25, 0.3) is 0 Å². The molecule has 2 rings (SSSR count). The SMILES string of the molecule is O=C(CCc1ccccc1O)N(CCO)Cc1ccccc1. The lowest BCUT2D eigenvalue weighted by molar-refractivity contribution is -0.132. The zero-order valence-electron chi connectivity index (χ0n) is 12.5. The zero-order chi connectivity index (χ0) is 15.8. The van der Waals surface area contributed by atoms with Gasteiger partial charge in [0.05, 0.1) is 6.61 Å². The lowest BCUT2D eigenvalue weighted by atomic mass is 10.1. The van der Waals surface area contributed by atoms with Crippen LogP contribution < -0.4 is 0 Å². The van der Waals surface area contributed by atoms with Gasteiger partial charge in [-0.25, -0.2) is 0 Å². The van der Waals surface area contributed by atoms with Crippen molar-refractivity contribution in [3.05, 3.63) is 65.7 Å². The van der Waals surface area contributed by atoms with E-state index in [1.165, 1.54) is 0 Å². The van der Waals surface area contributed by atoms with E-state index in [1.807, 2.05) is 42.5 Å². The molecule has 2 aromatic rings. The molecule has 116 valence electrons. The average Bonchev–Trinajstić information content (AvgIpc) is 2.54. The number of amides is 1. The van der Waals surface area contributed by atoms with Crippen molar-refractivity contribution in [2.45, 2.75) is 19.4 Å². The van der Waals surface area contributed by atoms with Crippen LogP contribution in [0.3, 0.4) is 0 Å². The summed E-state index contributed by atoms with van der Waals surface area (Å²) in [4.78, 5) is 14.0. The summed E-state index contributed by atoms with van der Waals surface area (Å²) in [5.74, 6) is 0.188. The minimum atomic E-state index is -0.0604. The largest absolute Gasteiger partial charge is 0.508 e. The molecule has 4 nitrogen and oxygen atoms in total. The molecular formula is C18H21NO3. The number of aromatic hydroxyl groups is 1. The highest BCUT2D eigenvalue weighted by atomic mass is 16.3. The lowest BCUT2D eigenvalue weighted by Gasteiger charge is -2.22. The summed E-state index contributed by atoms with van der Waals surface area (Å²) in [6, 6.07) is 16.7. The van der Waals surface area contributed by atoms with E-state index in [0.29, 0.717) is 25.9 Å². The van der Waals surface area contributed by atoms with Crippen LogP contribution in [0.25, 0.3) is 0 Å². The Morgan fingerprint density at radius 1 is 1.00 bits per heavy atom. The molecule has 0 saturated heterocycles. The third kappa shape index (κ3) is 4.60. The molecule has 1 amide bonds. The number of hydrogen-bond acceptors (Lipinski definition) is 3. The van der Waals surface area contributed by atoms with Gasteiger partial charge in [0, 0.05) is 19.5 Å². The number of rotatable bonds is 7. The third-order valence-corrected chi connectivity index (χ3v) is 3.54. The van der Waals surface area contributed by atoms with Gasteiger partial charge in [0.1, 0.15) is 5.75 Å². The Kier molecular flexibility index (Phi) is 5.98. The van der Waals surface area contributed by atoms with Crippen LogP contribution in [0.2, 0.25) is 0 Å². The van der Waals surface area contributed by atoms with Crippen molar-refractivity contribution in [3.63, 3.8) is 0 Å². The maximum atomic E-state index is 12.4. The number of carbonyl (C=O) groups is 1. The molecule has 2 N–H and O–H groups in total. The van der Waals surface area contributed by atoms with Gasteiger partial charge in [0.15, 0.2) is 0 Å². The molecule has 0 spiro atoms. The van der Waals surface area contributed by atoms with Crippen LogP contribution in [-0.4, -0.2) is 34.2 Å². The van der Waals surface area contributed by atoms with Gasteiger partial charge < -0.3 is 15.1 Å². The zero-order valence-corrected chi connectivity index (χ0v) is 12.5. The van der Waals surface area contributed by atoms with E-state index in [2.05, 4.69) is 0 Å². The van der Waals surface area contributed by atoms with Crippen molar-refractivity contribution >= 4 is 5.91 Å². The van der Waals surface area contributed by atoms with Crippen molar-refractivity contribution in [3.8, 4) is 5.75 Å². The highest BCUT2D eigenvalue weighted by molar-refractivity contribution is 5.76. The maximum Gasteiger partial charge on any atom is 0.223 e. The predicted molar refractivity (Wildman–Crippen MR) is 85.4 cm³/mol. The first-order chi connectivity index (χ1) is 10.7. The molecule has 0 aromatic heterocycles. The van der Waals surface area contributed by atoms with E-state index < -0.39 is 0 Å². The normalized spacial score (nSPS) is 10.4. The quantitative estimate of drug-likeness (QED) is 0.825. The first-order valence-electron chi connectivity index (χ1n) is 7.40. The predicted octanol–water partition coefficient (Wildman–Crippen LogP) is 2.35. The van der Waals surface area contributed by atoms with Crippen molar-refractivity contribution in [2.75, 3.05) is 13.2 Å². The van der Waals surface area contributed by atoms with Crippen LogP contribution >= 0.6 is 0 Å². The number of phenolic OH excluding ortho intramolecular Hbond substituents is 1. The van der Waals surface area contributed by atoms with Crippen LogP contribution in [0.5, 0.6) is 5.75 Å². The van der Waals surface area contributed by atoms with Crippen LogP contribution in [0.1, 0.15) is 17.5 Å². The lowest BCUT2D eigenvalue weighted by Crippen LogP contribution is -2.33. The Morgan fingerprint density at radius 3 is 2.36 bits per heavy atom. The highest BCUT2D eigenvalue weighted by Gasteiger charge is 2.14. The number of nitrogens with zero attached hydrogens (tertiary/aromatic N) is 1. The molecule has 0 heterocycles. The summed E-state index contributed by atoms with van der Waals surface area (Å²) >= 11 is 0. The smallest absolute Gasteiger partial charge is 0.223 e. The van der Waals surface area contributed by atoms with E-state index in [0.717, 1.165) is 11.1 Å². The van der Waals surface area contributed by atoms with Gasteiger partial charge in [-0.3, -0.25) is 4.79 Å². The number of para-hydroxylation sites is 1. The first-order valence-corrected chi connectivity index (χ1v) is 7.40. The Balaban J connectivity index is 1.96. The van der Waals surface area contributed by atoms with Gasteiger partial charge >= 0.3 is 0 Å².